The molecule has 5 nitrogen and oxygen atoms in total. The van der Waals surface area contributed by atoms with Gasteiger partial charge in [0.1, 0.15) is 0 Å². The Labute approximate surface area is 124 Å². The number of anilines is 1. The number of carbonyl (C=O) groups is 2. The van der Waals surface area contributed by atoms with Crippen LogP contribution in [0.1, 0.15) is 42.5 Å². The van der Waals surface area contributed by atoms with E-state index in [9.17, 15) is 9.59 Å². The maximum absolute atomic E-state index is 11.8. The van der Waals surface area contributed by atoms with Gasteiger partial charge in [-0.25, -0.2) is 4.79 Å². The number of nitrogens with one attached hydrogen (secondary N) is 2. The third-order valence-corrected chi connectivity index (χ3v) is 3.63. The summed E-state index contributed by atoms with van der Waals surface area (Å²) in [6, 6.07) is 5.88. The zero-order chi connectivity index (χ0) is 15.1. The van der Waals surface area contributed by atoms with E-state index in [1.54, 1.807) is 30.5 Å². The second-order valence-corrected chi connectivity index (χ2v) is 5.31. The molecule has 112 valence electrons. The normalized spacial score (nSPS) is 15.8. The Morgan fingerprint density at radius 2 is 1.76 bits per heavy atom. The van der Waals surface area contributed by atoms with Crippen molar-refractivity contribution in [2.45, 2.75) is 32.1 Å². The fourth-order valence-corrected chi connectivity index (χ4v) is 2.43. The van der Waals surface area contributed by atoms with E-state index in [-0.39, 0.29) is 0 Å². The van der Waals surface area contributed by atoms with Gasteiger partial charge in [0.15, 0.2) is 0 Å². The number of rotatable bonds is 3. The number of hydrogen-bond acceptors (Lipinski definition) is 3. The zero-order valence-corrected chi connectivity index (χ0v) is 12.0. The van der Waals surface area contributed by atoms with Crippen LogP contribution in [0.25, 0.3) is 0 Å². The molecule has 1 aromatic carbocycles. The average Bonchev–Trinajstić information content (AvgIpc) is 2.49. The van der Waals surface area contributed by atoms with E-state index in [2.05, 4.69) is 10.6 Å². The number of nitrogens with two attached hydrogens (primary N) is 1. The van der Waals surface area contributed by atoms with Crippen LogP contribution >= 0.6 is 0 Å². The molecule has 21 heavy (non-hydrogen) atoms. The smallest absolute Gasteiger partial charge is 0.325 e. The maximum Gasteiger partial charge on any atom is 0.325 e. The van der Waals surface area contributed by atoms with E-state index >= 15 is 0 Å². The van der Waals surface area contributed by atoms with Gasteiger partial charge in [0.25, 0.3) is 5.91 Å². The quantitative estimate of drug-likeness (QED) is 0.747. The number of allylic oxidation sites excluding steroid dienone is 1. The fraction of sp³-hybridized carbons (Fsp3) is 0.375. The minimum atomic E-state index is -0.524. The van der Waals surface area contributed by atoms with Gasteiger partial charge >= 0.3 is 6.03 Å². The lowest BCUT2D eigenvalue weighted by Gasteiger charge is -2.17. The SMILES string of the molecule is Nc1ccc(C(=O)NC(=O)N/C=C/C2CCCCC2)cc1. The number of urea groups is 1. The monoisotopic (exact) mass is 287 g/mol. The first-order valence-electron chi connectivity index (χ1n) is 7.29. The molecule has 1 aliphatic rings. The van der Waals surface area contributed by atoms with E-state index in [4.69, 9.17) is 5.73 Å². The van der Waals surface area contributed by atoms with Crippen molar-refractivity contribution in [3.05, 3.63) is 42.1 Å². The van der Waals surface area contributed by atoms with Gasteiger partial charge in [0.05, 0.1) is 0 Å². The highest BCUT2D eigenvalue weighted by atomic mass is 16.2. The summed E-state index contributed by atoms with van der Waals surface area (Å²) in [5.74, 6) is 0.0883. The Balaban J connectivity index is 1.77. The first kappa shape index (κ1) is 15.1. The summed E-state index contributed by atoms with van der Waals surface area (Å²) in [5.41, 5.74) is 6.52. The molecule has 0 aliphatic heterocycles. The highest BCUT2D eigenvalue weighted by molar-refractivity contribution is 6.04. The lowest BCUT2D eigenvalue weighted by Crippen LogP contribution is -2.37. The van der Waals surface area contributed by atoms with Gasteiger partial charge in [-0.15, -0.1) is 0 Å². The second kappa shape index (κ2) is 7.47. The van der Waals surface area contributed by atoms with Crippen LogP contribution in [-0.2, 0) is 0 Å². The van der Waals surface area contributed by atoms with Crippen molar-refractivity contribution >= 4 is 17.6 Å². The van der Waals surface area contributed by atoms with Gasteiger partial charge in [0, 0.05) is 17.5 Å². The van der Waals surface area contributed by atoms with Crippen molar-refractivity contribution < 1.29 is 9.59 Å². The van der Waals surface area contributed by atoms with E-state index in [1.165, 1.54) is 32.1 Å². The first-order valence-corrected chi connectivity index (χ1v) is 7.29. The third-order valence-electron chi connectivity index (χ3n) is 3.63. The molecule has 5 heteroatoms. The van der Waals surface area contributed by atoms with E-state index in [1.807, 2.05) is 6.08 Å². The highest BCUT2D eigenvalue weighted by Gasteiger charge is 2.11. The number of amides is 3. The van der Waals surface area contributed by atoms with Crippen molar-refractivity contribution in [2.75, 3.05) is 5.73 Å². The molecule has 0 bridgehead atoms. The summed E-state index contributed by atoms with van der Waals surface area (Å²) >= 11 is 0. The summed E-state index contributed by atoms with van der Waals surface area (Å²) in [6.07, 6.45) is 9.77. The number of nitrogen functional groups attached to an aromatic ring is 1. The van der Waals surface area contributed by atoms with Crippen molar-refractivity contribution in [2.24, 2.45) is 5.92 Å². The molecule has 0 heterocycles. The molecule has 2 rings (SSSR count). The standard InChI is InChI=1S/C16H21N3O2/c17-14-8-6-13(7-9-14)15(20)19-16(21)18-11-10-12-4-2-1-3-5-12/h6-12H,1-5,17H2,(H2,18,19,20,21)/b11-10+. The lowest BCUT2D eigenvalue weighted by molar-refractivity contribution is 0.0965. The number of imide groups is 1. The minimum Gasteiger partial charge on any atom is -0.399 e. The molecular weight excluding hydrogens is 266 g/mol. The van der Waals surface area contributed by atoms with Crippen LogP contribution in [0, 0.1) is 5.92 Å². The third kappa shape index (κ3) is 4.95. The van der Waals surface area contributed by atoms with E-state index < -0.39 is 11.9 Å². The van der Waals surface area contributed by atoms with Crippen molar-refractivity contribution in [3.8, 4) is 0 Å². The van der Waals surface area contributed by atoms with Crippen LogP contribution in [-0.4, -0.2) is 11.9 Å². The Bertz CT molecular complexity index is 517. The van der Waals surface area contributed by atoms with Crippen LogP contribution < -0.4 is 16.4 Å². The zero-order valence-electron chi connectivity index (χ0n) is 12.0. The van der Waals surface area contributed by atoms with Crippen molar-refractivity contribution in [1.82, 2.24) is 10.6 Å². The van der Waals surface area contributed by atoms with Crippen molar-refractivity contribution in [1.29, 1.82) is 0 Å². The molecule has 0 radical (unpaired) electrons. The molecule has 0 unspecified atom stereocenters. The number of hydrogen-bond donors (Lipinski definition) is 3. The fourth-order valence-electron chi connectivity index (χ4n) is 2.43. The maximum atomic E-state index is 11.8. The average molecular weight is 287 g/mol. The topological polar surface area (TPSA) is 84.2 Å². The molecule has 4 N–H and O–H groups in total. The number of carbonyl (C=O) groups excluding carboxylic acids is 2. The molecule has 0 saturated heterocycles. The van der Waals surface area contributed by atoms with E-state index in [0.717, 1.165) is 0 Å². The summed E-state index contributed by atoms with van der Waals surface area (Å²) in [7, 11) is 0. The minimum absolute atomic E-state index is 0.399. The predicted molar refractivity (Wildman–Crippen MR) is 82.6 cm³/mol. The van der Waals surface area contributed by atoms with Crippen LogP contribution in [0.5, 0.6) is 0 Å². The molecule has 0 atom stereocenters. The Morgan fingerprint density at radius 3 is 2.43 bits per heavy atom. The molecule has 0 aromatic heterocycles. The van der Waals surface area contributed by atoms with Crippen molar-refractivity contribution in [3.63, 3.8) is 0 Å². The molecular formula is C16H21N3O2. The molecule has 1 aromatic rings. The lowest BCUT2D eigenvalue weighted by atomic mass is 9.89. The number of benzene rings is 1. The van der Waals surface area contributed by atoms with Crippen LogP contribution in [0.4, 0.5) is 10.5 Å². The van der Waals surface area contributed by atoms with Gasteiger partial charge in [-0.1, -0.05) is 25.3 Å². The Kier molecular flexibility index (Phi) is 5.37. The Hall–Kier alpha value is -2.30. The van der Waals surface area contributed by atoms with Gasteiger partial charge in [-0.2, -0.15) is 0 Å². The van der Waals surface area contributed by atoms with Crippen LogP contribution in [0.15, 0.2) is 36.5 Å². The van der Waals surface area contributed by atoms with Crippen LogP contribution in [0.2, 0.25) is 0 Å². The Morgan fingerprint density at radius 1 is 1.10 bits per heavy atom. The van der Waals surface area contributed by atoms with Gasteiger partial charge in [-0.05, 0) is 43.0 Å². The largest absolute Gasteiger partial charge is 0.399 e. The summed E-state index contributed by atoms with van der Waals surface area (Å²) in [5, 5.41) is 4.84. The van der Waals surface area contributed by atoms with Gasteiger partial charge in [0.2, 0.25) is 0 Å². The molecule has 1 fully saturated rings. The van der Waals surface area contributed by atoms with Gasteiger partial charge in [-0.3, -0.25) is 10.1 Å². The first-order chi connectivity index (χ1) is 10.1. The predicted octanol–water partition coefficient (Wildman–Crippen LogP) is 2.80. The van der Waals surface area contributed by atoms with Crippen LogP contribution in [0.3, 0.4) is 0 Å². The summed E-state index contributed by atoms with van der Waals surface area (Å²) in [6.45, 7) is 0. The summed E-state index contributed by atoms with van der Waals surface area (Å²) in [4.78, 5) is 23.4. The van der Waals surface area contributed by atoms with Gasteiger partial charge < -0.3 is 11.1 Å². The molecule has 1 saturated carbocycles. The molecule has 1 aliphatic carbocycles. The second-order valence-electron chi connectivity index (χ2n) is 5.31. The summed E-state index contributed by atoms with van der Waals surface area (Å²) < 4.78 is 0. The molecule has 0 spiro atoms. The molecule has 3 amide bonds. The highest BCUT2D eigenvalue weighted by Crippen LogP contribution is 2.24. The van der Waals surface area contributed by atoms with E-state index in [0.29, 0.717) is 17.2 Å².